The van der Waals surface area contributed by atoms with Crippen molar-refractivity contribution in [1.82, 2.24) is 4.98 Å². The molecule has 0 N–H and O–H groups in total. The minimum absolute atomic E-state index is 0.0791. The lowest BCUT2D eigenvalue weighted by Crippen LogP contribution is -2.56. The molecular formula is C21H17F3N2O5S. The number of halogens is 3. The fourth-order valence-electron chi connectivity index (χ4n) is 3.82. The number of methoxy groups -OCH3 is 1. The molecule has 3 aromatic rings. The summed E-state index contributed by atoms with van der Waals surface area (Å²) < 4.78 is 78.4. The molecule has 2 heterocycles. The number of hydrogen-bond donors (Lipinski definition) is 0. The van der Waals surface area contributed by atoms with Gasteiger partial charge in [-0.2, -0.15) is 13.2 Å². The number of ether oxygens (including phenoxy) is 2. The van der Waals surface area contributed by atoms with Gasteiger partial charge in [-0.25, -0.2) is 8.42 Å². The number of carbonyl (C=O) groups is 1. The summed E-state index contributed by atoms with van der Waals surface area (Å²) in [6.45, 7) is -0.228. The lowest BCUT2D eigenvalue weighted by atomic mass is 9.79. The van der Waals surface area contributed by atoms with Gasteiger partial charge in [0.25, 0.3) is 5.41 Å². The molecule has 1 aliphatic heterocycles. The third-order valence-electron chi connectivity index (χ3n) is 5.28. The largest absolute Gasteiger partial charge is 0.478 e. The van der Waals surface area contributed by atoms with E-state index < -0.39 is 39.0 Å². The number of para-hydroxylation sites is 1. The van der Waals surface area contributed by atoms with E-state index in [1.807, 2.05) is 0 Å². The van der Waals surface area contributed by atoms with Gasteiger partial charge in [-0.15, -0.1) is 0 Å². The number of alkyl halides is 3. The van der Waals surface area contributed by atoms with Crippen molar-refractivity contribution in [1.29, 1.82) is 0 Å². The molecule has 0 spiro atoms. The summed E-state index contributed by atoms with van der Waals surface area (Å²) in [4.78, 5) is 20.6. The van der Waals surface area contributed by atoms with Crippen LogP contribution in [0.3, 0.4) is 0 Å². The van der Waals surface area contributed by atoms with Crippen LogP contribution >= 0.6 is 0 Å². The monoisotopic (exact) mass is 466 g/mol. The Morgan fingerprint density at radius 2 is 1.81 bits per heavy atom. The lowest BCUT2D eigenvalue weighted by Gasteiger charge is -2.32. The molecule has 1 aliphatic rings. The Labute approximate surface area is 180 Å². The van der Waals surface area contributed by atoms with Gasteiger partial charge < -0.3 is 9.47 Å². The molecule has 0 saturated carbocycles. The Balaban J connectivity index is 2.26. The predicted molar refractivity (Wildman–Crippen MR) is 110 cm³/mol. The van der Waals surface area contributed by atoms with Crippen LogP contribution in [-0.4, -0.2) is 58.0 Å². The minimum Gasteiger partial charge on any atom is -0.478 e. The maximum atomic E-state index is 14.8. The van der Waals surface area contributed by atoms with E-state index in [4.69, 9.17) is 4.74 Å². The van der Waals surface area contributed by atoms with Crippen molar-refractivity contribution in [2.24, 2.45) is 4.99 Å². The highest BCUT2D eigenvalue weighted by atomic mass is 32.2. The molecule has 168 valence electrons. The molecule has 1 aromatic heterocycles. The highest BCUT2D eigenvalue weighted by Gasteiger charge is 2.70. The zero-order chi connectivity index (χ0) is 23.3. The highest BCUT2D eigenvalue weighted by molar-refractivity contribution is 7.90. The van der Waals surface area contributed by atoms with Crippen molar-refractivity contribution in [3.05, 3.63) is 48.2 Å². The van der Waals surface area contributed by atoms with Crippen LogP contribution in [0.25, 0.3) is 21.7 Å². The van der Waals surface area contributed by atoms with Crippen LogP contribution in [0.5, 0.6) is 0 Å². The molecule has 1 atom stereocenters. The third-order valence-corrected chi connectivity index (χ3v) is 6.39. The Hall–Kier alpha value is -3.21. The van der Waals surface area contributed by atoms with Gasteiger partial charge in [-0.1, -0.05) is 24.3 Å². The first-order valence-electron chi connectivity index (χ1n) is 9.37. The van der Waals surface area contributed by atoms with Gasteiger partial charge >= 0.3 is 12.1 Å². The summed E-state index contributed by atoms with van der Waals surface area (Å²) in [7, 11) is -2.95. The zero-order valence-corrected chi connectivity index (χ0v) is 17.7. The topological polar surface area (TPSA) is 94.9 Å². The Morgan fingerprint density at radius 3 is 2.41 bits per heavy atom. The highest BCUT2D eigenvalue weighted by Crippen LogP contribution is 2.47. The molecule has 0 fully saturated rings. The van der Waals surface area contributed by atoms with E-state index in [0.29, 0.717) is 5.39 Å². The molecule has 2 aromatic carbocycles. The fraction of sp³-hybridized carbons (Fsp3) is 0.286. The molecule has 0 aliphatic carbocycles. The second-order valence-corrected chi connectivity index (χ2v) is 9.25. The number of hydrogen-bond acceptors (Lipinski definition) is 7. The van der Waals surface area contributed by atoms with Crippen molar-refractivity contribution < 1.29 is 35.9 Å². The normalized spacial score (nSPS) is 16.5. The van der Waals surface area contributed by atoms with E-state index in [1.165, 1.54) is 18.2 Å². The number of nitrogens with zero attached hydrogens (tertiary/aromatic N) is 2. The third kappa shape index (κ3) is 3.19. The standard InChI is InChI=1S/C21H17F3N2O5S/c1-30-19(27)20(21(22,23)24,18-25-9-10-31-18)17-15-11-12(32(2,28)29)7-8-13(15)14-5-3-4-6-16(14)26-17/h3-8,11H,9-10H2,1-2H3. The molecule has 0 amide bonds. The average molecular weight is 466 g/mol. The minimum atomic E-state index is -5.26. The summed E-state index contributed by atoms with van der Waals surface area (Å²) >= 11 is 0. The first kappa shape index (κ1) is 22.0. The fourth-order valence-corrected chi connectivity index (χ4v) is 4.47. The van der Waals surface area contributed by atoms with E-state index in [1.54, 1.807) is 18.2 Å². The molecule has 7 nitrogen and oxygen atoms in total. The maximum Gasteiger partial charge on any atom is 0.419 e. The zero-order valence-electron chi connectivity index (χ0n) is 16.9. The van der Waals surface area contributed by atoms with Crippen molar-refractivity contribution in [3.8, 4) is 0 Å². The summed E-state index contributed by atoms with van der Waals surface area (Å²) in [6.07, 6.45) is -4.32. The molecule has 0 bridgehead atoms. The Bertz CT molecular complexity index is 1390. The number of benzene rings is 2. The van der Waals surface area contributed by atoms with Crippen LogP contribution in [0.1, 0.15) is 5.69 Å². The summed E-state index contributed by atoms with van der Waals surface area (Å²) in [6, 6.07) is 10.2. The van der Waals surface area contributed by atoms with Gasteiger partial charge in [0.15, 0.2) is 9.84 Å². The number of aromatic nitrogens is 1. The summed E-state index contributed by atoms with van der Waals surface area (Å²) in [5, 5.41) is 0.600. The number of sulfone groups is 1. The number of carbonyl (C=O) groups excluding carboxylic acids is 1. The van der Waals surface area contributed by atoms with Crippen molar-refractivity contribution >= 4 is 43.4 Å². The molecule has 4 rings (SSSR count). The van der Waals surface area contributed by atoms with Gasteiger partial charge in [0.05, 0.1) is 29.8 Å². The van der Waals surface area contributed by atoms with Crippen molar-refractivity contribution in [3.63, 3.8) is 0 Å². The molecule has 32 heavy (non-hydrogen) atoms. The van der Waals surface area contributed by atoms with Gasteiger partial charge in [-0.3, -0.25) is 14.8 Å². The Morgan fingerprint density at radius 1 is 1.09 bits per heavy atom. The molecular weight excluding hydrogens is 449 g/mol. The molecule has 11 heteroatoms. The van der Waals surface area contributed by atoms with Gasteiger partial charge in [-0.05, 0) is 23.6 Å². The van der Waals surface area contributed by atoms with E-state index in [9.17, 15) is 26.4 Å². The number of rotatable bonds is 4. The van der Waals surface area contributed by atoms with Crippen LogP contribution in [-0.2, 0) is 29.5 Å². The van der Waals surface area contributed by atoms with Crippen LogP contribution in [0.2, 0.25) is 0 Å². The van der Waals surface area contributed by atoms with Crippen LogP contribution in [0.15, 0.2) is 52.4 Å². The molecule has 0 radical (unpaired) electrons. The van der Waals surface area contributed by atoms with Crippen molar-refractivity contribution in [2.75, 3.05) is 26.5 Å². The SMILES string of the molecule is COC(=O)C(C1=NCCO1)(c1nc2ccccc2c2ccc(S(C)(=O)=O)cc12)C(F)(F)F. The van der Waals surface area contributed by atoms with Crippen LogP contribution < -0.4 is 0 Å². The van der Waals surface area contributed by atoms with Crippen molar-refractivity contribution in [2.45, 2.75) is 16.5 Å². The second-order valence-electron chi connectivity index (χ2n) is 7.23. The smallest absolute Gasteiger partial charge is 0.419 e. The average Bonchev–Trinajstić information content (AvgIpc) is 3.27. The summed E-state index contributed by atoms with van der Waals surface area (Å²) in [5.74, 6) is -2.56. The van der Waals surface area contributed by atoms with Gasteiger partial charge in [0.2, 0.25) is 5.90 Å². The maximum absolute atomic E-state index is 14.8. The predicted octanol–water partition coefficient (Wildman–Crippen LogP) is 3.19. The number of aliphatic imine (C=N–C) groups is 1. The van der Waals surface area contributed by atoms with Crippen LogP contribution in [0, 0.1) is 0 Å². The van der Waals surface area contributed by atoms with E-state index in [-0.39, 0.29) is 34.3 Å². The number of esters is 1. The van der Waals surface area contributed by atoms with E-state index in [0.717, 1.165) is 19.4 Å². The first-order valence-corrected chi connectivity index (χ1v) is 11.3. The Kier molecular flexibility index (Phi) is 5.11. The first-order chi connectivity index (χ1) is 15.0. The van der Waals surface area contributed by atoms with E-state index >= 15 is 0 Å². The molecule has 1 unspecified atom stereocenters. The lowest BCUT2D eigenvalue weighted by molar-refractivity contribution is -0.195. The van der Waals surface area contributed by atoms with E-state index in [2.05, 4.69) is 14.7 Å². The summed E-state index contributed by atoms with van der Waals surface area (Å²) in [5.41, 5.74) is -4.05. The molecule has 0 saturated heterocycles. The quantitative estimate of drug-likeness (QED) is 0.433. The number of fused-ring (bicyclic) bond motifs is 3. The van der Waals surface area contributed by atoms with Crippen LogP contribution in [0.4, 0.5) is 13.2 Å². The van der Waals surface area contributed by atoms with Gasteiger partial charge in [0, 0.05) is 17.0 Å². The van der Waals surface area contributed by atoms with Gasteiger partial charge in [0.1, 0.15) is 6.61 Å². The number of pyridine rings is 1. The second kappa shape index (κ2) is 7.44.